The third-order valence-corrected chi connectivity index (χ3v) is 2.52. The van der Waals surface area contributed by atoms with Crippen LogP contribution in [0.3, 0.4) is 0 Å². The molecular formula is C12H17F2N. The average molecular weight is 213 g/mol. The maximum absolute atomic E-state index is 13.7. The van der Waals surface area contributed by atoms with E-state index in [0.717, 1.165) is 5.56 Å². The van der Waals surface area contributed by atoms with Crippen LogP contribution >= 0.6 is 0 Å². The molecule has 0 aromatic heterocycles. The van der Waals surface area contributed by atoms with Crippen molar-refractivity contribution in [3.8, 4) is 0 Å². The van der Waals surface area contributed by atoms with Crippen molar-refractivity contribution in [1.29, 1.82) is 0 Å². The number of nitrogens with two attached hydrogens (primary N) is 1. The van der Waals surface area contributed by atoms with Gasteiger partial charge in [0.15, 0.2) is 0 Å². The Balaban J connectivity index is 3.10. The van der Waals surface area contributed by atoms with Crippen molar-refractivity contribution in [3.05, 3.63) is 35.4 Å². The molecule has 1 aromatic carbocycles. The Labute approximate surface area is 89.3 Å². The highest BCUT2D eigenvalue weighted by molar-refractivity contribution is 5.28. The Kier molecular flexibility index (Phi) is 3.45. The molecule has 1 unspecified atom stereocenters. The zero-order chi connectivity index (χ0) is 11.6. The lowest BCUT2D eigenvalue weighted by Crippen LogP contribution is -2.21. The van der Waals surface area contributed by atoms with Crippen molar-refractivity contribution in [3.63, 3.8) is 0 Å². The first-order chi connectivity index (χ1) is 6.85. The minimum absolute atomic E-state index is 0.0484. The highest BCUT2D eigenvalue weighted by Gasteiger charge is 2.35. The average Bonchev–Trinajstić information content (AvgIpc) is 2.17. The van der Waals surface area contributed by atoms with Crippen LogP contribution < -0.4 is 5.73 Å². The molecule has 2 N–H and O–H groups in total. The molecule has 1 aromatic rings. The van der Waals surface area contributed by atoms with Crippen LogP contribution in [0.4, 0.5) is 8.78 Å². The van der Waals surface area contributed by atoms with E-state index in [-0.39, 0.29) is 11.6 Å². The molecular weight excluding hydrogens is 196 g/mol. The lowest BCUT2D eigenvalue weighted by atomic mass is 9.95. The highest BCUT2D eigenvalue weighted by atomic mass is 19.3. The molecule has 0 aliphatic carbocycles. The van der Waals surface area contributed by atoms with Crippen LogP contribution in [0, 0.1) is 5.92 Å². The molecule has 0 aliphatic rings. The normalized spacial score (nSPS) is 14.3. The predicted molar refractivity (Wildman–Crippen MR) is 57.8 cm³/mol. The van der Waals surface area contributed by atoms with Gasteiger partial charge in [0.1, 0.15) is 0 Å². The van der Waals surface area contributed by atoms with Gasteiger partial charge in [-0.1, -0.05) is 32.0 Å². The Bertz CT molecular complexity index is 332. The van der Waals surface area contributed by atoms with E-state index in [0.29, 0.717) is 0 Å². The van der Waals surface area contributed by atoms with E-state index in [1.54, 1.807) is 19.1 Å². The Morgan fingerprint density at radius 2 is 1.80 bits per heavy atom. The summed E-state index contributed by atoms with van der Waals surface area (Å²) in [5.41, 5.74) is 6.45. The topological polar surface area (TPSA) is 26.0 Å². The Hall–Kier alpha value is -0.960. The Morgan fingerprint density at radius 3 is 2.27 bits per heavy atom. The highest BCUT2D eigenvalue weighted by Crippen LogP contribution is 2.36. The van der Waals surface area contributed by atoms with Gasteiger partial charge < -0.3 is 5.73 Å². The first-order valence-electron chi connectivity index (χ1n) is 5.09. The van der Waals surface area contributed by atoms with Crippen LogP contribution in [0.5, 0.6) is 0 Å². The van der Waals surface area contributed by atoms with Gasteiger partial charge in [-0.2, -0.15) is 0 Å². The molecule has 1 nitrogen and oxygen atoms in total. The van der Waals surface area contributed by atoms with Crippen molar-refractivity contribution in [2.24, 2.45) is 11.7 Å². The van der Waals surface area contributed by atoms with Gasteiger partial charge in [-0.3, -0.25) is 0 Å². The van der Waals surface area contributed by atoms with Crippen LogP contribution in [0.1, 0.15) is 37.9 Å². The molecule has 1 atom stereocenters. The zero-order valence-corrected chi connectivity index (χ0v) is 9.30. The molecule has 0 radical (unpaired) electrons. The van der Waals surface area contributed by atoms with E-state index in [1.807, 2.05) is 0 Å². The van der Waals surface area contributed by atoms with E-state index in [1.165, 1.54) is 26.0 Å². The molecule has 0 heterocycles. The van der Waals surface area contributed by atoms with Gasteiger partial charge >= 0.3 is 0 Å². The van der Waals surface area contributed by atoms with E-state index < -0.39 is 11.8 Å². The van der Waals surface area contributed by atoms with Gasteiger partial charge in [0.05, 0.1) is 0 Å². The van der Waals surface area contributed by atoms with Gasteiger partial charge in [-0.15, -0.1) is 0 Å². The first kappa shape index (κ1) is 12.1. The second kappa shape index (κ2) is 4.27. The third kappa shape index (κ3) is 2.53. The van der Waals surface area contributed by atoms with Crippen molar-refractivity contribution < 1.29 is 8.78 Å². The Morgan fingerprint density at radius 1 is 1.20 bits per heavy atom. The summed E-state index contributed by atoms with van der Waals surface area (Å²) in [7, 11) is 0. The van der Waals surface area contributed by atoms with E-state index in [2.05, 4.69) is 0 Å². The number of hydrogen-bond acceptors (Lipinski definition) is 1. The molecule has 0 amide bonds. The molecule has 0 spiro atoms. The van der Waals surface area contributed by atoms with Gasteiger partial charge in [-0.25, -0.2) is 8.78 Å². The molecule has 0 fully saturated rings. The van der Waals surface area contributed by atoms with E-state index in [9.17, 15) is 8.78 Å². The number of rotatable bonds is 3. The minimum atomic E-state index is -2.79. The lowest BCUT2D eigenvalue weighted by Gasteiger charge is -2.21. The lowest BCUT2D eigenvalue weighted by molar-refractivity contribution is -0.0514. The summed E-state index contributed by atoms with van der Waals surface area (Å²) >= 11 is 0. The second-order valence-corrected chi connectivity index (χ2v) is 4.19. The molecule has 0 saturated carbocycles. The van der Waals surface area contributed by atoms with E-state index in [4.69, 9.17) is 5.73 Å². The van der Waals surface area contributed by atoms with Gasteiger partial charge in [0.25, 0.3) is 5.92 Å². The summed E-state index contributed by atoms with van der Waals surface area (Å²) in [6, 6.07) is 6.12. The van der Waals surface area contributed by atoms with Crippen LogP contribution in [0.25, 0.3) is 0 Å². The van der Waals surface area contributed by atoms with Crippen LogP contribution in [-0.2, 0) is 5.92 Å². The minimum Gasteiger partial charge on any atom is -0.324 e. The molecule has 0 bridgehead atoms. The summed E-state index contributed by atoms with van der Waals surface area (Å²) in [6.45, 7) is 4.81. The summed E-state index contributed by atoms with van der Waals surface area (Å²) in [5.74, 6) is -3.49. The largest absolute Gasteiger partial charge is 0.324 e. The summed E-state index contributed by atoms with van der Waals surface area (Å²) in [4.78, 5) is 0. The van der Waals surface area contributed by atoms with Crippen molar-refractivity contribution in [2.45, 2.75) is 32.7 Å². The smallest absolute Gasteiger partial charge is 0.275 e. The van der Waals surface area contributed by atoms with Gasteiger partial charge in [0, 0.05) is 17.5 Å². The molecule has 3 heteroatoms. The maximum Gasteiger partial charge on any atom is 0.275 e. The molecule has 1 rings (SSSR count). The molecule has 84 valence electrons. The summed E-state index contributed by atoms with van der Waals surface area (Å²) < 4.78 is 27.4. The molecule has 0 aliphatic heterocycles. The van der Waals surface area contributed by atoms with Crippen LogP contribution in [-0.4, -0.2) is 0 Å². The fraction of sp³-hybridized carbons (Fsp3) is 0.500. The van der Waals surface area contributed by atoms with Gasteiger partial charge in [-0.05, 0) is 18.6 Å². The summed E-state index contributed by atoms with van der Waals surface area (Å²) in [5, 5.41) is 0. The van der Waals surface area contributed by atoms with Gasteiger partial charge in [0.2, 0.25) is 0 Å². The van der Waals surface area contributed by atoms with Crippen molar-refractivity contribution >= 4 is 0 Å². The van der Waals surface area contributed by atoms with Crippen molar-refractivity contribution in [2.75, 3.05) is 0 Å². The number of hydrogen-bond donors (Lipinski definition) is 1. The van der Waals surface area contributed by atoms with Crippen LogP contribution in [0.15, 0.2) is 24.3 Å². The summed E-state index contributed by atoms with van der Waals surface area (Å²) in [6.07, 6.45) is 0. The standard InChI is InChI=1S/C12H17F2N/c1-8(2)12(13,14)11-6-4-5-10(7-11)9(3)15/h4-9H,15H2,1-3H3. The van der Waals surface area contributed by atoms with Crippen LogP contribution in [0.2, 0.25) is 0 Å². The number of halogens is 2. The third-order valence-electron chi connectivity index (χ3n) is 2.52. The van der Waals surface area contributed by atoms with Crippen molar-refractivity contribution in [1.82, 2.24) is 0 Å². The SMILES string of the molecule is CC(N)c1cccc(C(F)(F)C(C)C)c1. The monoisotopic (exact) mass is 213 g/mol. The quantitative estimate of drug-likeness (QED) is 0.817. The maximum atomic E-state index is 13.7. The number of alkyl halides is 2. The second-order valence-electron chi connectivity index (χ2n) is 4.19. The molecule has 0 saturated heterocycles. The first-order valence-corrected chi connectivity index (χ1v) is 5.09. The van der Waals surface area contributed by atoms with E-state index >= 15 is 0 Å². The predicted octanol–water partition coefficient (Wildman–Crippen LogP) is 3.45. The fourth-order valence-corrected chi connectivity index (χ4v) is 1.36. The molecule has 15 heavy (non-hydrogen) atoms. The zero-order valence-electron chi connectivity index (χ0n) is 9.30. The number of benzene rings is 1. The fourth-order valence-electron chi connectivity index (χ4n) is 1.36.